The van der Waals surface area contributed by atoms with Crippen LogP contribution < -0.4 is 22.9 Å². The Hall–Kier alpha value is -4.74. The Morgan fingerprint density at radius 1 is 0.590 bits per heavy atom. The van der Waals surface area contributed by atoms with Crippen molar-refractivity contribution in [3.63, 3.8) is 0 Å². The maximum Gasteiger partial charge on any atom is 0.323 e. The first-order valence-electron chi connectivity index (χ1n) is 21.6. The quantitative estimate of drug-likeness (QED) is 0.0495. The molecule has 4 atom stereocenters. The number of unbranched alkanes of at least 4 members (excludes halogenated alkanes) is 1. The number of nitrogens with two attached hydrogens (primary N) is 4. The lowest BCUT2D eigenvalue weighted by Crippen LogP contribution is -2.42. The maximum atomic E-state index is 13.2. The van der Waals surface area contributed by atoms with Gasteiger partial charge in [-0.3, -0.25) is 19.2 Å². The number of carbonyl (C=O) groups is 4. The zero-order chi connectivity index (χ0) is 45.9. The number of hydrogen-bond acceptors (Lipinski definition) is 10. The molecule has 0 radical (unpaired) electrons. The lowest BCUT2D eigenvalue weighted by atomic mass is 9.71. The van der Waals surface area contributed by atoms with Gasteiger partial charge in [0.15, 0.2) is 23.8 Å². The highest BCUT2D eigenvalue weighted by Crippen LogP contribution is 2.42. The van der Waals surface area contributed by atoms with E-state index in [1.165, 1.54) is 0 Å². The molecule has 2 aliphatic carbocycles. The largest absolute Gasteiger partial charge is 0.453 e. The molecular weight excluding hydrogens is 765 g/mol. The number of ketones is 2. The smallest absolute Gasteiger partial charge is 0.323 e. The van der Waals surface area contributed by atoms with Gasteiger partial charge in [0.1, 0.15) is 12.1 Å². The van der Waals surface area contributed by atoms with Crippen molar-refractivity contribution >= 4 is 23.5 Å². The molecule has 0 aromatic heterocycles. The van der Waals surface area contributed by atoms with E-state index in [1.807, 2.05) is 113 Å². The zero-order valence-corrected chi connectivity index (χ0v) is 38.5. The molecule has 0 fully saturated rings. The fraction of sp³-hybridized carbons (Fsp3) is 0.490. The molecule has 0 amide bonds. The highest BCUT2D eigenvalue weighted by atomic mass is 16.6. The summed E-state index contributed by atoms with van der Waals surface area (Å²) in [5, 5.41) is 0. The zero-order valence-electron chi connectivity index (χ0n) is 38.5. The molecule has 61 heavy (non-hydrogen) atoms. The minimum absolute atomic E-state index is 0.180. The van der Waals surface area contributed by atoms with Crippen LogP contribution in [0.1, 0.15) is 114 Å². The van der Waals surface area contributed by atoms with Crippen molar-refractivity contribution in [2.45, 2.75) is 138 Å². The number of hydrogen-bond donors (Lipinski definition) is 4. The predicted molar refractivity (Wildman–Crippen MR) is 250 cm³/mol. The molecular formula is C51H74N4O6. The van der Waals surface area contributed by atoms with Gasteiger partial charge in [-0.05, 0) is 113 Å². The highest BCUT2D eigenvalue weighted by molar-refractivity contribution is 6.02. The van der Waals surface area contributed by atoms with Crippen LogP contribution in [-0.4, -0.2) is 60.9 Å². The van der Waals surface area contributed by atoms with Crippen LogP contribution >= 0.6 is 0 Å². The minimum Gasteiger partial charge on any atom is -0.453 e. The predicted octanol–water partition coefficient (Wildman–Crippen LogP) is 8.53. The maximum absolute atomic E-state index is 13.2. The normalized spacial score (nSPS) is 21.9. The number of Topliss-reactive ketones (excluding diaryl/α,β-unsaturated/α-hetero) is 2. The third kappa shape index (κ3) is 17.3. The molecule has 0 saturated carbocycles. The van der Waals surface area contributed by atoms with Gasteiger partial charge in [0, 0.05) is 12.8 Å². The molecule has 2 aliphatic rings. The van der Waals surface area contributed by atoms with Crippen molar-refractivity contribution in [3.05, 3.63) is 130 Å². The van der Waals surface area contributed by atoms with E-state index in [0.717, 1.165) is 46.3 Å². The SMILES string of the molecule is CC(C=CC=C(C)C=CC1=C(C)C(=O)C(OC(=O)C(N)CCCN)CC1(C)C)=CC=CC=C(C)C=CC=C(C)C=CC1=C(C)C(=O)C(OC(=O)C(N)CCCCN)CC1(C)C. The molecule has 8 N–H and O–H groups in total. The van der Waals surface area contributed by atoms with Gasteiger partial charge in [-0.2, -0.15) is 0 Å². The van der Waals surface area contributed by atoms with E-state index in [1.54, 1.807) is 13.8 Å². The minimum atomic E-state index is -0.845. The van der Waals surface area contributed by atoms with E-state index >= 15 is 0 Å². The van der Waals surface area contributed by atoms with Crippen molar-refractivity contribution in [1.29, 1.82) is 0 Å². The number of ether oxygens (including phenoxy) is 2. The molecule has 0 aromatic rings. The lowest BCUT2D eigenvalue weighted by molar-refractivity contribution is -0.157. The van der Waals surface area contributed by atoms with Gasteiger partial charge in [0.2, 0.25) is 0 Å². The van der Waals surface area contributed by atoms with Gasteiger partial charge in [0.05, 0.1) is 0 Å². The topological polar surface area (TPSA) is 191 Å². The van der Waals surface area contributed by atoms with Crippen LogP contribution in [0.15, 0.2) is 130 Å². The molecule has 4 unspecified atom stereocenters. The van der Waals surface area contributed by atoms with Crippen LogP contribution in [0.25, 0.3) is 0 Å². The van der Waals surface area contributed by atoms with E-state index < -0.39 is 36.2 Å². The Kier molecular flexibility index (Phi) is 21.7. The molecule has 0 heterocycles. The average Bonchev–Trinajstić information content (AvgIpc) is 3.19. The van der Waals surface area contributed by atoms with Crippen LogP contribution in [0.2, 0.25) is 0 Å². The van der Waals surface area contributed by atoms with E-state index in [9.17, 15) is 19.2 Å². The molecule has 10 nitrogen and oxygen atoms in total. The van der Waals surface area contributed by atoms with Crippen molar-refractivity contribution in [2.24, 2.45) is 33.8 Å². The second-order valence-electron chi connectivity index (χ2n) is 17.7. The molecule has 10 heteroatoms. The van der Waals surface area contributed by atoms with Crippen molar-refractivity contribution < 1.29 is 28.7 Å². The highest BCUT2D eigenvalue weighted by Gasteiger charge is 2.41. The van der Waals surface area contributed by atoms with Crippen LogP contribution in [0, 0.1) is 10.8 Å². The molecule has 0 aromatic carbocycles. The van der Waals surface area contributed by atoms with Gasteiger partial charge in [-0.15, -0.1) is 0 Å². The van der Waals surface area contributed by atoms with Crippen molar-refractivity contribution in [3.8, 4) is 0 Å². The molecule has 334 valence electrons. The van der Waals surface area contributed by atoms with Crippen molar-refractivity contribution in [1.82, 2.24) is 0 Å². The second-order valence-corrected chi connectivity index (χ2v) is 17.7. The molecule has 0 aliphatic heterocycles. The fourth-order valence-electron chi connectivity index (χ4n) is 7.29. The first-order valence-corrected chi connectivity index (χ1v) is 21.6. The van der Waals surface area contributed by atoms with Crippen LogP contribution in [0.3, 0.4) is 0 Å². The number of carbonyl (C=O) groups excluding carboxylic acids is 4. The third-order valence-corrected chi connectivity index (χ3v) is 11.1. The van der Waals surface area contributed by atoms with E-state index in [-0.39, 0.29) is 22.4 Å². The summed E-state index contributed by atoms with van der Waals surface area (Å²) in [4.78, 5) is 51.4. The Bertz CT molecular complexity index is 1930. The Morgan fingerprint density at radius 3 is 1.31 bits per heavy atom. The van der Waals surface area contributed by atoms with Gasteiger partial charge < -0.3 is 32.4 Å². The summed E-state index contributed by atoms with van der Waals surface area (Å²) in [6.07, 6.45) is 30.3. The second kappa shape index (κ2) is 25.3. The number of allylic oxidation sites excluding steroid dienone is 20. The Labute approximate surface area is 366 Å². The van der Waals surface area contributed by atoms with Crippen LogP contribution in [-0.2, 0) is 28.7 Å². The van der Waals surface area contributed by atoms with Gasteiger partial charge >= 0.3 is 11.9 Å². The molecule has 0 saturated heterocycles. The van der Waals surface area contributed by atoms with Gasteiger partial charge in [-0.25, -0.2) is 0 Å². The monoisotopic (exact) mass is 839 g/mol. The Morgan fingerprint density at radius 2 is 0.934 bits per heavy atom. The van der Waals surface area contributed by atoms with Crippen molar-refractivity contribution in [2.75, 3.05) is 13.1 Å². The first kappa shape index (κ1) is 52.4. The van der Waals surface area contributed by atoms with Gasteiger partial charge in [0.25, 0.3) is 0 Å². The summed E-state index contributed by atoms with van der Waals surface area (Å²) in [5.74, 6) is -1.47. The summed E-state index contributed by atoms with van der Waals surface area (Å²) in [6, 6.07) is -1.55. The summed E-state index contributed by atoms with van der Waals surface area (Å²) < 4.78 is 11.2. The summed E-state index contributed by atoms with van der Waals surface area (Å²) in [5.41, 5.74) is 29.5. The Balaban J connectivity index is 1.97. The van der Waals surface area contributed by atoms with Crippen LogP contribution in [0.5, 0.6) is 0 Å². The summed E-state index contributed by atoms with van der Waals surface area (Å²) in [6.45, 7) is 20.9. The van der Waals surface area contributed by atoms with E-state index in [0.29, 0.717) is 56.3 Å². The molecule has 2 rings (SSSR count). The third-order valence-electron chi connectivity index (χ3n) is 11.1. The van der Waals surface area contributed by atoms with Gasteiger partial charge in [-0.1, -0.05) is 141 Å². The number of rotatable bonds is 21. The summed E-state index contributed by atoms with van der Waals surface area (Å²) >= 11 is 0. The molecule has 0 bridgehead atoms. The lowest BCUT2D eigenvalue weighted by Gasteiger charge is -2.36. The molecule has 0 spiro atoms. The van der Waals surface area contributed by atoms with E-state index in [2.05, 4.69) is 27.7 Å². The first-order chi connectivity index (χ1) is 28.6. The van der Waals surface area contributed by atoms with Crippen LogP contribution in [0.4, 0.5) is 0 Å². The summed E-state index contributed by atoms with van der Waals surface area (Å²) in [7, 11) is 0. The average molecular weight is 839 g/mol. The number of esters is 2. The van der Waals surface area contributed by atoms with E-state index in [4.69, 9.17) is 32.4 Å². The standard InChI is InChI=1S/C51H74N4O6/c1-34(20-15-22-36(3)26-28-40-38(5)46(56)44(32-50(40,7)8)60-48(58)42(54)24-13-14-30-52)18-11-12-19-35(2)21-16-23-37(4)27-29-41-39(6)47(57)45(33-51(41,9)10)61-49(59)43(55)25-17-31-53/h11-12,15-16,18-23,26-29,42-45H,13-14,17,24-25,30-33,52-55H2,1-10H3. The fourth-order valence-corrected chi connectivity index (χ4v) is 7.29.